The van der Waals surface area contributed by atoms with Crippen LogP contribution in [0.25, 0.3) is 4.83 Å². The molecule has 3 aromatic heterocycles. The van der Waals surface area contributed by atoms with E-state index < -0.39 is 17.1 Å². The van der Waals surface area contributed by atoms with Crippen LogP contribution in [0.4, 0.5) is 10.2 Å². The molecular formula is C22H19ClFN5O3S. The summed E-state index contributed by atoms with van der Waals surface area (Å²) in [5, 5.41) is 5.65. The lowest BCUT2D eigenvalue weighted by molar-refractivity contribution is 0.0954. The normalized spacial score (nSPS) is 11.0. The number of hydrogen-bond donors (Lipinski definition) is 2. The SMILES string of the molecule is CNc1cc(CNC(=O)c2cn3c(=O)n(Cc4ccc(F)c(Cl)c4)c(=O)c(C)c3s2)ccn1. The monoisotopic (exact) mass is 487 g/mol. The molecule has 0 saturated carbocycles. The van der Waals surface area contributed by atoms with E-state index in [0.29, 0.717) is 26.7 Å². The lowest BCUT2D eigenvalue weighted by Gasteiger charge is -2.08. The topological polar surface area (TPSA) is 97.5 Å². The number of nitrogens with one attached hydrogen (secondary N) is 2. The predicted octanol–water partition coefficient (Wildman–Crippen LogP) is 3.04. The highest BCUT2D eigenvalue weighted by molar-refractivity contribution is 7.19. The summed E-state index contributed by atoms with van der Waals surface area (Å²) >= 11 is 6.88. The summed E-state index contributed by atoms with van der Waals surface area (Å²) in [5.41, 5.74) is 0.621. The third-order valence-electron chi connectivity index (χ3n) is 5.08. The summed E-state index contributed by atoms with van der Waals surface area (Å²) in [7, 11) is 1.75. The largest absolute Gasteiger partial charge is 0.373 e. The number of benzene rings is 1. The highest BCUT2D eigenvalue weighted by atomic mass is 35.5. The van der Waals surface area contributed by atoms with Gasteiger partial charge in [-0.05, 0) is 42.3 Å². The van der Waals surface area contributed by atoms with E-state index in [1.807, 2.05) is 6.07 Å². The smallest absolute Gasteiger partial charge is 0.336 e. The first kappa shape index (κ1) is 22.7. The lowest BCUT2D eigenvalue weighted by atomic mass is 10.2. The summed E-state index contributed by atoms with van der Waals surface area (Å²) in [4.78, 5) is 43.4. The van der Waals surface area contributed by atoms with Gasteiger partial charge >= 0.3 is 5.69 Å². The van der Waals surface area contributed by atoms with Crippen LogP contribution in [0, 0.1) is 12.7 Å². The van der Waals surface area contributed by atoms with Gasteiger partial charge in [0, 0.05) is 31.5 Å². The number of rotatable bonds is 6. The van der Waals surface area contributed by atoms with E-state index in [4.69, 9.17) is 11.6 Å². The molecule has 4 aromatic rings. The number of nitrogens with zero attached hydrogens (tertiary/aromatic N) is 3. The van der Waals surface area contributed by atoms with E-state index in [9.17, 15) is 18.8 Å². The molecule has 3 heterocycles. The summed E-state index contributed by atoms with van der Waals surface area (Å²) in [6.45, 7) is 1.80. The first-order chi connectivity index (χ1) is 15.8. The quantitative estimate of drug-likeness (QED) is 0.435. The van der Waals surface area contributed by atoms with Gasteiger partial charge in [-0.2, -0.15) is 0 Å². The molecule has 0 atom stereocenters. The van der Waals surface area contributed by atoms with Gasteiger partial charge in [-0.15, -0.1) is 11.3 Å². The van der Waals surface area contributed by atoms with Crippen LogP contribution in [0.1, 0.15) is 26.4 Å². The molecule has 170 valence electrons. The van der Waals surface area contributed by atoms with Crippen LogP contribution in [0.3, 0.4) is 0 Å². The Morgan fingerprint density at radius 1 is 1.21 bits per heavy atom. The van der Waals surface area contributed by atoms with Gasteiger partial charge in [-0.25, -0.2) is 14.2 Å². The van der Waals surface area contributed by atoms with Crippen molar-refractivity contribution in [2.24, 2.45) is 0 Å². The van der Waals surface area contributed by atoms with E-state index in [1.54, 1.807) is 26.2 Å². The first-order valence-electron chi connectivity index (χ1n) is 9.89. The van der Waals surface area contributed by atoms with E-state index in [0.717, 1.165) is 21.5 Å². The molecular weight excluding hydrogens is 469 g/mol. The Morgan fingerprint density at radius 2 is 2.00 bits per heavy atom. The van der Waals surface area contributed by atoms with Crippen molar-refractivity contribution in [2.45, 2.75) is 20.0 Å². The van der Waals surface area contributed by atoms with Crippen molar-refractivity contribution in [1.29, 1.82) is 0 Å². The number of thiazole rings is 1. The van der Waals surface area contributed by atoms with Gasteiger partial charge in [0.1, 0.15) is 21.3 Å². The Bertz CT molecular complexity index is 1490. The van der Waals surface area contributed by atoms with Gasteiger partial charge in [-0.1, -0.05) is 17.7 Å². The molecule has 4 rings (SSSR count). The van der Waals surface area contributed by atoms with Crippen molar-refractivity contribution >= 4 is 39.5 Å². The van der Waals surface area contributed by atoms with Gasteiger partial charge in [0.15, 0.2) is 0 Å². The standard InChI is InChI=1S/C22H19ClFN5O3S/c1-12-20(31)28(10-14-3-4-16(24)15(23)7-14)22(32)29-11-17(33-21(12)29)19(30)27-9-13-5-6-26-18(8-13)25-2/h3-8,11H,9-10H2,1-2H3,(H,25,26)(H,27,30). The summed E-state index contributed by atoms with van der Waals surface area (Å²) < 4.78 is 15.8. The number of aryl methyl sites for hydroxylation is 1. The minimum absolute atomic E-state index is 0.0747. The van der Waals surface area contributed by atoms with Crippen LogP contribution in [0.15, 0.2) is 52.3 Å². The highest BCUT2D eigenvalue weighted by Gasteiger charge is 2.18. The molecule has 8 nitrogen and oxygen atoms in total. The van der Waals surface area contributed by atoms with Crippen molar-refractivity contribution < 1.29 is 9.18 Å². The molecule has 0 aliphatic heterocycles. The third kappa shape index (κ3) is 4.53. The zero-order valence-corrected chi connectivity index (χ0v) is 19.3. The van der Waals surface area contributed by atoms with Crippen LogP contribution in [0.5, 0.6) is 0 Å². The molecule has 0 bridgehead atoms. The number of carbonyl (C=O) groups excluding carboxylic acids is 1. The third-order valence-corrected chi connectivity index (χ3v) is 6.57. The second-order valence-electron chi connectivity index (χ2n) is 7.30. The molecule has 11 heteroatoms. The Kier molecular flexibility index (Phi) is 6.30. The van der Waals surface area contributed by atoms with E-state index in [-0.39, 0.29) is 24.0 Å². The van der Waals surface area contributed by atoms with Crippen molar-refractivity contribution in [3.05, 3.63) is 96.0 Å². The lowest BCUT2D eigenvalue weighted by Crippen LogP contribution is -2.38. The van der Waals surface area contributed by atoms with E-state index >= 15 is 0 Å². The molecule has 0 radical (unpaired) electrons. The minimum Gasteiger partial charge on any atom is -0.373 e. The molecule has 1 aromatic carbocycles. The summed E-state index contributed by atoms with van der Waals surface area (Å²) in [6, 6.07) is 7.62. The van der Waals surface area contributed by atoms with Crippen LogP contribution < -0.4 is 21.9 Å². The number of amides is 1. The number of halogens is 2. The van der Waals surface area contributed by atoms with Gasteiger partial charge in [0.2, 0.25) is 0 Å². The van der Waals surface area contributed by atoms with Crippen LogP contribution in [0.2, 0.25) is 5.02 Å². The molecule has 0 fully saturated rings. The summed E-state index contributed by atoms with van der Waals surface area (Å²) in [5.74, 6) is -0.269. The number of fused-ring (bicyclic) bond motifs is 1. The zero-order chi connectivity index (χ0) is 23.7. The number of hydrogen-bond acceptors (Lipinski definition) is 6. The zero-order valence-electron chi connectivity index (χ0n) is 17.7. The fourth-order valence-corrected chi connectivity index (χ4v) is 4.53. The number of pyridine rings is 1. The molecule has 0 aliphatic rings. The first-order valence-corrected chi connectivity index (χ1v) is 11.1. The van der Waals surface area contributed by atoms with Crippen LogP contribution in [-0.2, 0) is 13.1 Å². The fraction of sp³-hybridized carbons (Fsp3) is 0.182. The number of aromatic nitrogens is 3. The van der Waals surface area contributed by atoms with Gasteiger partial charge in [0.25, 0.3) is 11.5 Å². The number of carbonyl (C=O) groups is 1. The summed E-state index contributed by atoms with van der Waals surface area (Å²) in [6.07, 6.45) is 3.06. The number of anilines is 1. The van der Waals surface area contributed by atoms with E-state index in [1.165, 1.54) is 28.8 Å². The Hall–Kier alpha value is -3.50. The molecule has 33 heavy (non-hydrogen) atoms. The maximum absolute atomic E-state index is 13.4. The van der Waals surface area contributed by atoms with Crippen molar-refractivity contribution in [1.82, 2.24) is 19.3 Å². The molecule has 0 spiro atoms. The average molecular weight is 488 g/mol. The van der Waals surface area contributed by atoms with Gasteiger partial charge in [0.05, 0.1) is 11.6 Å². The maximum Gasteiger partial charge on any atom is 0.336 e. The van der Waals surface area contributed by atoms with Gasteiger partial charge in [-0.3, -0.25) is 18.6 Å². The predicted molar refractivity (Wildman–Crippen MR) is 126 cm³/mol. The Labute approximate surface area is 196 Å². The van der Waals surface area contributed by atoms with Crippen molar-refractivity contribution in [2.75, 3.05) is 12.4 Å². The highest BCUT2D eigenvalue weighted by Crippen LogP contribution is 2.19. The van der Waals surface area contributed by atoms with E-state index in [2.05, 4.69) is 15.6 Å². The van der Waals surface area contributed by atoms with Gasteiger partial charge < -0.3 is 10.6 Å². The average Bonchev–Trinajstić information content (AvgIpc) is 3.27. The second kappa shape index (κ2) is 9.16. The fourth-order valence-electron chi connectivity index (χ4n) is 3.32. The Balaban J connectivity index is 1.64. The maximum atomic E-state index is 13.4. The van der Waals surface area contributed by atoms with Crippen molar-refractivity contribution in [3.8, 4) is 0 Å². The molecule has 0 unspecified atom stereocenters. The Morgan fingerprint density at radius 3 is 2.73 bits per heavy atom. The molecule has 0 aliphatic carbocycles. The molecule has 2 N–H and O–H groups in total. The van der Waals surface area contributed by atoms with Crippen molar-refractivity contribution in [3.63, 3.8) is 0 Å². The van der Waals surface area contributed by atoms with Crippen LogP contribution >= 0.6 is 22.9 Å². The second-order valence-corrected chi connectivity index (χ2v) is 8.74. The molecule has 0 saturated heterocycles. The van der Waals surface area contributed by atoms with Crippen LogP contribution in [-0.4, -0.2) is 26.9 Å². The molecule has 1 amide bonds. The minimum atomic E-state index is -0.593.